The molecular weight excluding hydrogens is 501 g/mol. The lowest BCUT2D eigenvalue weighted by Crippen LogP contribution is -2.53. The highest BCUT2D eigenvalue weighted by atomic mass is 35.5. The van der Waals surface area contributed by atoms with Gasteiger partial charge in [0.15, 0.2) is 9.84 Å². The Labute approximate surface area is 211 Å². The molecule has 0 bridgehead atoms. The van der Waals surface area contributed by atoms with Gasteiger partial charge in [-0.25, -0.2) is 8.42 Å². The summed E-state index contributed by atoms with van der Waals surface area (Å²) in [5, 5.41) is 0. The molecule has 1 aromatic heterocycles. The van der Waals surface area contributed by atoms with Gasteiger partial charge in [0.05, 0.1) is 10.6 Å². The number of alkyl halides is 3. The lowest BCUT2D eigenvalue weighted by molar-refractivity contribution is -0.141. The molecule has 2 saturated heterocycles. The summed E-state index contributed by atoms with van der Waals surface area (Å²) in [5.74, 6) is 0.133. The molecule has 0 amide bonds. The minimum atomic E-state index is -4.41. The molecule has 4 rings (SSSR count). The molecule has 194 valence electrons. The van der Waals surface area contributed by atoms with Crippen LogP contribution in [0.2, 0.25) is 0 Å². The van der Waals surface area contributed by atoms with Crippen molar-refractivity contribution in [2.45, 2.75) is 36.5 Å². The first-order chi connectivity index (χ1) is 16.2. The van der Waals surface area contributed by atoms with E-state index in [-0.39, 0.29) is 18.2 Å². The van der Waals surface area contributed by atoms with E-state index in [0.29, 0.717) is 24.0 Å². The van der Waals surface area contributed by atoms with Crippen molar-refractivity contribution in [3.63, 3.8) is 0 Å². The van der Waals surface area contributed by atoms with Gasteiger partial charge in [0, 0.05) is 51.5 Å². The second-order valence-corrected chi connectivity index (χ2v) is 11.2. The molecule has 1 aromatic carbocycles. The van der Waals surface area contributed by atoms with Crippen LogP contribution in [-0.2, 0) is 22.6 Å². The SMILES string of the molecule is Cl.O=S(=O)(CCN1CCN(C2CCN(Cc3ccc(C(F)(F)F)nc3)CC2)CC1)c1ccccc1. The summed E-state index contributed by atoms with van der Waals surface area (Å²) in [6, 6.07) is 11.7. The number of hydrogen-bond acceptors (Lipinski definition) is 6. The molecule has 0 spiro atoms. The zero-order valence-corrected chi connectivity index (χ0v) is 21.2. The molecule has 0 unspecified atom stereocenters. The monoisotopic (exact) mass is 532 g/mol. The zero-order valence-electron chi connectivity index (χ0n) is 19.5. The van der Waals surface area contributed by atoms with E-state index in [0.717, 1.165) is 63.7 Å². The highest BCUT2D eigenvalue weighted by molar-refractivity contribution is 7.91. The van der Waals surface area contributed by atoms with E-state index in [1.165, 1.54) is 12.3 Å². The average Bonchev–Trinajstić information content (AvgIpc) is 2.84. The molecule has 0 aliphatic carbocycles. The van der Waals surface area contributed by atoms with Crippen LogP contribution in [0.4, 0.5) is 13.2 Å². The predicted molar refractivity (Wildman–Crippen MR) is 131 cm³/mol. The number of rotatable bonds is 7. The summed E-state index contributed by atoms with van der Waals surface area (Å²) in [5.41, 5.74) is -0.0581. The minimum Gasteiger partial charge on any atom is -0.300 e. The van der Waals surface area contributed by atoms with Crippen LogP contribution in [0.3, 0.4) is 0 Å². The topological polar surface area (TPSA) is 56.8 Å². The smallest absolute Gasteiger partial charge is 0.300 e. The first-order valence-corrected chi connectivity index (χ1v) is 13.3. The zero-order chi connectivity index (χ0) is 24.2. The van der Waals surface area contributed by atoms with Gasteiger partial charge < -0.3 is 0 Å². The number of sulfone groups is 1. The number of aromatic nitrogens is 1. The van der Waals surface area contributed by atoms with Crippen LogP contribution in [0.25, 0.3) is 0 Å². The Kier molecular flexibility index (Phi) is 9.56. The summed E-state index contributed by atoms with van der Waals surface area (Å²) in [6.07, 6.45) is -1.03. The Balaban J connectivity index is 0.00000342. The number of pyridine rings is 1. The summed E-state index contributed by atoms with van der Waals surface area (Å²) in [6.45, 7) is 6.55. The maximum Gasteiger partial charge on any atom is 0.433 e. The molecule has 6 nitrogen and oxygen atoms in total. The number of hydrogen-bond donors (Lipinski definition) is 0. The number of nitrogens with zero attached hydrogens (tertiary/aromatic N) is 4. The van der Waals surface area contributed by atoms with Crippen molar-refractivity contribution in [1.29, 1.82) is 0 Å². The van der Waals surface area contributed by atoms with E-state index in [4.69, 9.17) is 0 Å². The fraction of sp³-hybridized carbons (Fsp3) is 0.542. The summed E-state index contributed by atoms with van der Waals surface area (Å²) < 4.78 is 63.1. The van der Waals surface area contributed by atoms with Crippen LogP contribution in [0.1, 0.15) is 24.1 Å². The highest BCUT2D eigenvalue weighted by Crippen LogP contribution is 2.27. The van der Waals surface area contributed by atoms with E-state index in [1.807, 2.05) is 6.07 Å². The van der Waals surface area contributed by atoms with Crippen LogP contribution in [0.5, 0.6) is 0 Å². The highest BCUT2D eigenvalue weighted by Gasteiger charge is 2.32. The van der Waals surface area contributed by atoms with Gasteiger partial charge in [-0.2, -0.15) is 13.2 Å². The van der Waals surface area contributed by atoms with Gasteiger partial charge in [-0.1, -0.05) is 24.3 Å². The molecular formula is C24H32ClF3N4O2S. The van der Waals surface area contributed by atoms with E-state index in [1.54, 1.807) is 24.3 Å². The number of likely N-dealkylation sites (tertiary alicyclic amines) is 1. The maximum atomic E-state index is 12.7. The van der Waals surface area contributed by atoms with Crippen molar-refractivity contribution in [3.05, 3.63) is 59.9 Å². The Bertz CT molecular complexity index is 1020. The van der Waals surface area contributed by atoms with Gasteiger partial charge in [0.2, 0.25) is 0 Å². The molecule has 0 radical (unpaired) electrons. The Hall–Kier alpha value is -1.72. The third-order valence-corrected chi connectivity index (χ3v) is 8.49. The molecule has 2 aliphatic rings. The summed E-state index contributed by atoms with van der Waals surface area (Å²) >= 11 is 0. The molecule has 0 N–H and O–H groups in total. The van der Waals surface area contributed by atoms with Crippen molar-refractivity contribution in [2.24, 2.45) is 0 Å². The number of piperidine rings is 1. The van der Waals surface area contributed by atoms with Crippen LogP contribution < -0.4 is 0 Å². The Morgan fingerprint density at radius 1 is 0.886 bits per heavy atom. The molecule has 0 atom stereocenters. The van der Waals surface area contributed by atoms with Gasteiger partial charge in [-0.15, -0.1) is 12.4 Å². The largest absolute Gasteiger partial charge is 0.433 e. The molecule has 11 heteroatoms. The fourth-order valence-corrected chi connectivity index (χ4v) is 6.04. The third kappa shape index (κ3) is 7.63. The van der Waals surface area contributed by atoms with Crippen molar-refractivity contribution < 1.29 is 21.6 Å². The van der Waals surface area contributed by atoms with Crippen LogP contribution in [0.15, 0.2) is 53.6 Å². The van der Waals surface area contributed by atoms with Crippen LogP contribution in [0, 0.1) is 0 Å². The molecule has 3 heterocycles. The standard InChI is InChI=1S/C24H31F3N4O2S.ClH/c25-24(26,27)23-7-6-20(18-28-23)19-30-10-8-21(9-11-30)31-14-12-29(13-15-31)16-17-34(32,33)22-4-2-1-3-5-22;/h1-7,18,21H,8-17,19H2;1H. The molecule has 0 saturated carbocycles. The van der Waals surface area contributed by atoms with E-state index < -0.39 is 21.7 Å². The minimum absolute atomic E-state index is 0. The average molecular weight is 533 g/mol. The van der Waals surface area contributed by atoms with Crippen molar-refractivity contribution in [1.82, 2.24) is 19.7 Å². The van der Waals surface area contributed by atoms with Gasteiger partial charge in [-0.05, 0) is 49.7 Å². The molecule has 35 heavy (non-hydrogen) atoms. The molecule has 2 fully saturated rings. The molecule has 2 aromatic rings. The number of piperazine rings is 1. The fourth-order valence-electron chi connectivity index (χ4n) is 4.73. The van der Waals surface area contributed by atoms with E-state index in [9.17, 15) is 21.6 Å². The van der Waals surface area contributed by atoms with Crippen molar-refractivity contribution in [2.75, 3.05) is 51.6 Å². The van der Waals surface area contributed by atoms with Crippen LogP contribution in [-0.4, -0.2) is 85.7 Å². The number of halogens is 4. The van der Waals surface area contributed by atoms with Gasteiger partial charge in [0.1, 0.15) is 5.69 Å². The second-order valence-electron chi connectivity index (χ2n) is 9.07. The summed E-state index contributed by atoms with van der Waals surface area (Å²) in [7, 11) is -3.26. The normalized spacial score (nSPS) is 19.4. The second kappa shape index (κ2) is 12.0. The van der Waals surface area contributed by atoms with Crippen LogP contribution >= 0.6 is 12.4 Å². The first kappa shape index (κ1) is 27.9. The van der Waals surface area contributed by atoms with Gasteiger partial charge in [-0.3, -0.25) is 19.7 Å². The van der Waals surface area contributed by atoms with Gasteiger partial charge >= 0.3 is 6.18 Å². The first-order valence-electron chi connectivity index (χ1n) is 11.7. The van der Waals surface area contributed by atoms with E-state index >= 15 is 0 Å². The van der Waals surface area contributed by atoms with E-state index in [2.05, 4.69) is 19.7 Å². The van der Waals surface area contributed by atoms with Crippen molar-refractivity contribution in [3.8, 4) is 0 Å². The molecule has 2 aliphatic heterocycles. The Morgan fingerprint density at radius 2 is 1.54 bits per heavy atom. The van der Waals surface area contributed by atoms with Gasteiger partial charge in [0.25, 0.3) is 0 Å². The quantitative estimate of drug-likeness (QED) is 0.543. The van der Waals surface area contributed by atoms with Crippen molar-refractivity contribution >= 4 is 22.2 Å². The number of benzene rings is 1. The lowest BCUT2D eigenvalue weighted by Gasteiger charge is -2.42. The predicted octanol–water partition coefficient (Wildman–Crippen LogP) is 3.58. The summed E-state index contributed by atoms with van der Waals surface area (Å²) in [4.78, 5) is 10.9. The maximum absolute atomic E-state index is 12.7. The Morgan fingerprint density at radius 3 is 2.11 bits per heavy atom. The lowest BCUT2D eigenvalue weighted by atomic mass is 10.0. The third-order valence-electron chi connectivity index (χ3n) is 6.78.